The summed E-state index contributed by atoms with van der Waals surface area (Å²) in [6, 6.07) is 15.8. The summed E-state index contributed by atoms with van der Waals surface area (Å²) in [6.45, 7) is 3.45. The van der Waals surface area contributed by atoms with Gasteiger partial charge in [0.1, 0.15) is 6.04 Å². The Morgan fingerprint density at radius 1 is 1.03 bits per heavy atom. The van der Waals surface area contributed by atoms with Crippen molar-refractivity contribution in [2.75, 3.05) is 11.4 Å². The third-order valence-electron chi connectivity index (χ3n) is 6.26. The first-order chi connectivity index (χ1) is 15.3. The fourth-order valence-corrected chi connectivity index (χ4v) is 5.93. The smallest absolute Gasteiger partial charge is 0.245 e. The van der Waals surface area contributed by atoms with Crippen molar-refractivity contribution < 1.29 is 13.2 Å². The Bertz CT molecular complexity index is 1330. The molecule has 2 heterocycles. The molecule has 3 aromatic rings. The van der Waals surface area contributed by atoms with Crippen LogP contribution in [0.25, 0.3) is 10.8 Å². The van der Waals surface area contributed by atoms with Crippen LogP contribution in [0.5, 0.6) is 0 Å². The molecule has 0 radical (unpaired) electrons. The van der Waals surface area contributed by atoms with E-state index in [1.54, 1.807) is 35.2 Å². The second-order valence-electron chi connectivity index (χ2n) is 8.54. The number of halogens is 1. The third kappa shape index (κ3) is 4.01. The van der Waals surface area contributed by atoms with E-state index in [1.165, 1.54) is 17.2 Å². The molecule has 0 aliphatic carbocycles. The minimum Gasteiger partial charge on any atom is -0.311 e. The Balaban J connectivity index is 1.35. The Labute approximate surface area is 192 Å². The summed E-state index contributed by atoms with van der Waals surface area (Å²) >= 11 is 6.01. The molecule has 2 N–H and O–H groups in total. The molecular formula is C24H24ClN3O3S. The van der Waals surface area contributed by atoms with Crippen LogP contribution in [0.2, 0.25) is 5.02 Å². The number of hydrogen-bond donors (Lipinski definition) is 2. The average molecular weight is 470 g/mol. The number of nitrogens with one attached hydrogen (secondary N) is 2. The van der Waals surface area contributed by atoms with Crippen LogP contribution < -0.4 is 14.9 Å². The van der Waals surface area contributed by atoms with E-state index >= 15 is 0 Å². The molecule has 2 atom stereocenters. The second-order valence-corrected chi connectivity index (χ2v) is 10.7. The summed E-state index contributed by atoms with van der Waals surface area (Å²) in [5.74, 6) is -0.219. The van der Waals surface area contributed by atoms with Crippen LogP contribution in [0.3, 0.4) is 0 Å². The molecule has 5 rings (SSSR count). The number of anilines is 1. The van der Waals surface area contributed by atoms with E-state index in [-0.39, 0.29) is 10.8 Å². The van der Waals surface area contributed by atoms with Crippen molar-refractivity contribution in [2.45, 2.75) is 43.3 Å². The van der Waals surface area contributed by atoms with Gasteiger partial charge in [-0.1, -0.05) is 29.8 Å². The van der Waals surface area contributed by atoms with Gasteiger partial charge >= 0.3 is 0 Å². The summed E-state index contributed by atoms with van der Waals surface area (Å²) in [5.41, 5.74) is 3.31. The van der Waals surface area contributed by atoms with Crippen LogP contribution in [-0.4, -0.2) is 33.0 Å². The number of amides is 1. The Hall–Kier alpha value is -2.45. The van der Waals surface area contributed by atoms with Gasteiger partial charge < -0.3 is 10.2 Å². The van der Waals surface area contributed by atoms with Crippen LogP contribution in [-0.2, 0) is 27.8 Å². The largest absolute Gasteiger partial charge is 0.311 e. The number of carbonyl (C=O) groups is 1. The predicted molar refractivity (Wildman–Crippen MR) is 126 cm³/mol. The normalized spacial score (nSPS) is 21.2. The van der Waals surface area contributed by atoms with Crippen LogP contribution in [0.4, 0.5) is 5.69 Å². The lowest BCUT2D eigenvalue weighted by Gasteiger charge is -2.25. The highest BCUT2D eigenvalue weighted by atomic mass is 35.5. The van der Waals surface area contributed by atoms with Crippen molar-refractivity contribution in [1.82, 2.24) is 10.0 Å². The van der Waals surface area contributed by atoms with E-state index in [0.717, 1.165) is 29.4 Å². The number of fused-ring (bicyclic) bond motifs is 2. The lowest BCUT2D eigenvalue weighted by atomic mass is 9.96. The molecule has 166 valence electrons. The van der Waals surface area contributed by atoms with E-state index in [0.29, 0.717) is 24.0 Å². The van der Waals surface area contributed by atoms with Crippen molar-refractivity contribution in [3.8, 4) is 0 Å². The van der Waals surface area contributed by atoms with Gasteiger partial charge in [0.2, 0.25) is 15.9 Å². The quantitative estimate of drug-likeness (QED) is 0.611. The lowest BCUT2D eigenvalue weighted by Crippen LogP contribution is -2.41. The van der Waals surface area contributed by atoms with E-state index in [4.69, 9.17) is 11.6 Å². The fraction of sp³-hybridized carbons (Fsp3) is 0.292. The van der Waals surface area contributed by atoms with Gasteiger partial charge in [0, 0.05) is 29.8 Å². The maximum Gasteiger partial charge on any atom is 0.245 e. The Morgan fingerprint density at radius 2 is 1.81 bits per heavy atom. The molecule has 2 unspecified atom stereocenters. The van der Waals surface area contributed by atoms with Crippen LogP contribution in [0, 0.1) is 0 Å². The van der Waals surface area contributed by atoms with Gasteiger partial charge in [-0.3, -0.25) is 4.79 Å². The van der Waals surface area contributed by atoms with E-state index in [2.05, 4.69) is 29.1 Å². The number of rotatable bonds is 4. The standard InChI is InChI=1S/C24H24ClN3O3S/c1-15-10-19-12-21(6-3-18(19)14-26-15)28-9-8-23(24(28)29)27-32(30,31)22-7-4-16-11-20(25)5-2-17(16)13-22/h2-7,11-13,15,23,26-27H,8-10,14H2,1H3. The molecule has 1 fully saturated rings. The molecule has 2 aliphatic rings. The van der Waals surface area contributed by atoms with Crippen LogP contribution >= 0.6 is 11.6 Å². The number of sulfonamides is 1. The summed E-state index contributed by atoms with van der Waals surface area (Å²) in [7, 11) is -3.84. The summed E-state index contributed by atoms with van der Waals surface area (Å²) in [5, 5.41) is 5.66. The van der Waals surface area contributed by atoms with E-state index < -0.39 is 16.1 Å². The molecule has 1 saturated heterocycles. The summed E-state index contributed by atoms with van der Waals surface area (Å²) < 4.78 is 28.6. The molecule has 6 nitrogen and oxygen atoms in total. The topological polar surface area (TPSA) is 78.5 Å². The van der Waals surface area contributed by atoms with Crippen LogP contribution in [0.1, 0.15) is 24.5 Å². The first-order valence-corrected chi connectivity index (χ1v) is 12.5. The SMILES string of the molecule is CC1Cc2cc(N3CCC(NS(=O)(=O)c4ccc5cc(Cl)ccc5c4)C3=O)ccc2CN1. The molecule has 3 aromatic carbocycles. The molecule has 32 heavy (non-hydrogen) atoms. The van der Waals surface area contributed by atoms with Crippen molar-refractivity contribution >= 4 is 44.0 Å². The predicted octanol–water partition coefficient (Wildman–Crippen LogP) is 3.61. The third-order valence-corrected chi connectivity index (χ3v) is 7.96. The fourth-order valence-electron chi connectivity index (χ4n) is 4.49. The highest BCUT2D eigenvalue weighted by Gasteiger charge is 2.36. The molecule has 2 aliphatic heterocycles. The lowest BCUT2D eigenvalue weighted by molar-refractivity contribution is -0.118. The monoisotopic (exact) mass is 469 g/mol. The number of benzene rings is 3. The van der Waals surface area contributed by atoms with Crippen molar-refractivity contribution in [3.63, 3.8) is 0 Å². The highest BCUT2D eigenvalue weighted by Crippen LogP contribution is 2.28. The molecule has 0 aromatic heterocycles. The zero-order chi connectivity index (χ0) is 22.5. The molecule has 1 amide bonds. The van der Waals surface area contributed by atoms with Gasteiger partial charge in [0.05, 0.1) is 4.90 Å². The minimum atomic E-state index is -3.84. The van der Waals surface area contributed by atoms with Gasteiger partial charge in [-0.25, -0.2) is 8.42 Å². The maximum absolute atomic E-state index is 13.1. The second kappa shape index (κ2) is 8.15. The van der Waals surface area contributed by atoms with Crippen LogP contribution in [0.15, 0.2) is 59.5 Å². The first kappa shape index (κ1) is 21.4. The van der Waals surface area contributed by atoms with E-state index in [1.807, 2.05) is 6.07 Å². The molecule has 0 saturated carbocycles. The van der Waals surface area contributed by atoms with Gasteiger partial charge in [-0.05, 0) is 78.1 Å². The van der Waals surface area contributed by atoms with Gasteiger partial charge in [0.25, 0.3) is 0 Å². The highest BCUT2D eigenvalue weighted by molar-refractivity contribution is 7.89. The van der Waals surface area contributed by atoms with Crippen molar-refractivity contribution in [1.29, 1.82) is 0 Å². The van der Waals surface area contributed by atoms with Crippen molar-refractivity contribution in [2.24, 2.45) is 0 Å². The molecular weight excluding hydrogens is 446 g/mol. The Kier molecular flexibility index (Phi) is 5.45. The number of nitrogens with zero attached hydrogens (tertiary/aromatic N) is 1. The zero-order valence-corrected chi connectivity index (χ0v) is 19.2. The van der Waals surface area contributed by atoms with Gasteiger partial charge in [-0.15, -0.1) is 0 Å². The average Bonchev–Trinajstić information content (AvgIpc) is 3.12. The Morgan fingerprint density at radius 3 is 2.66 bits per heavy atom. The number of carbonyl (C=O) groups excluding carboxylic acids is 1. The van der Waals surface area contributed by atoms with Crippen molar-refractivity contribution in [3.05, 3.63) is 70.7 Å². The summed E-state index contributed by atoms with van der Waals surface area (Å²) in [4.78, 5) is 14.9. The first-order valence-electron chi connectivity index (χ1n) is 10.7. The zero-order valence-electron chi connectivity index (χ0n) is 17.6. The number of hydrogen-bond acceptors (Lipinski definition) is 4. The maximum atomic E-state index is 13.1. The van der Waals surface area contributed by atoms with Gasteiger partial charge in [0.15, 0.2) is 0 Å². The van der Waals surface area contributed by atoms with E-state index in [9.17, 15) is 13.2 Å². The molecule has 0 spiro atoms. The molecule has 8 heteroatoms. The minimum absolute atomic E-state index is 0.133. The molecule has 0 bridgehead atoms. The summed E-state index contributed by atoms with van der Waals surface area (Å²) in [6.07, 6.45) is 1.34. The van der Waals surface area contributed by atoms with Gasteiger partial charge in [-0.2, -0.15) is 4.72 Å².